The Morgan fingerprint density at radius 1 is 1.24 bits per heavy atom. The van der Waals surface area contributed by atoms with Gasteiger partial charge in [-0.2, -0.15) is 0 Å². The maximum atomic E-state index is 12.2. The zero-order valence-corrected chi connectivity index (χ0v) is 13.3. The molecule has 0 spiro atoms. The number of alkyl halides is 1. The lowest BCUT2D eigenvalue weighted by Crippen LogP contribution is -2.16. The second-order valence-electron chi connectivity index (χ2n) is 4.10. The van der Waals surface area contributed by atoms with Crippen molar-refractivity contribution in [2.45, 2.75) is 18.7 Å². The van der Waals surface area contributed by atoms with Crippen LogP contribution in [0.2, 0.25) is 0 Å². The third-order valence-electron chi connectivity index (χ3n) is 2.82. The van der Waals surface area contributed by atoms with E-state index in [1.54, 1.807) is 26.0 Å². The van der Waals surface area contributed by atoms with E-state index in [0.29, 0.717) is 17.1 Å². The standard InChI is InChI=1S/C14H15BrO6/c1-3-18-13(16)10-8(11(15)14(17)19-4-2)5-6-9-12(10)21-7-20-9/h5-6,11H,3-4,7H2,1-2H3. The number of hydrogen-bond donors (Lipinski definition) is 0. The monoisotopic (exact) mass is 358 g/mol. The molecule has 0 radical (unpaired) electrons. The normalized spacial score (nSPS) is 13.7. The molecular weight excluding hydrogens is 344 g/mol. The van der Waals surface area contributed by atoms with E-state index in [0.717, 1.165) is 0 Å². The first-order chi connectivity index (χ1) is 10.1. The third kappa shape index (κ3) is 3.12. The lowest BCUT2D eigenvalue weighted by molar-refractivity contribution is -0.142. The maximum Gasteiger partial charge on any atom is 0.342 e. The van der Waals surface area contributed by atoms with Crippen LogP contribution in [0.4, 0.5) is 0 Å². The van der Waals surface area contributed by atoms with Gasteiger partial charge in [0.05, 0.1) is 13.2 Å². The molecule has 0 N–H and O–H groups in total. The van der Waals surface area contributed by atoms with Crippen molar-refractivity contribution in [2.24, 2.45) is 0 Å². The number of fused-ring (bicyclic) bond motifs is 1. The lowest BCUT2D eigenvalue weighted by Gasteiger charge is -2.15. The zero-order valence-electron chi connectivity index (χ0n) is 11.7. The predicted molar refractivity (Wildman–Crippen MR) is 76.8 cm³/mol. The van der Waals surface area contributed by atoms with Gasteiger partial charge in [-0.05, 0) is 25.5 Å². The summed E-state index contributed by atoms with van der Waals surface area (Å²) in [6.45, 7) is 3.91. The molecule has 1 heterocycles. The van der Waals surface area contributed by atoms with E-state index in [9.17, 15) is 9.59 Å². The molecule has 1 aromatic carbocycles. The summed E-state index contributed by atoms with van der Waals surface area (Å²) in [4.78, 5) is 23.3. The fraction of sp³-hybridized carbons (Fsp3) is 0.429. The van der Waals surface area contributed by atoms with Gasteiger partial charge in [-0.15, -0.1) is 0 Å². The topological polar surface area (TPSA) is 71.1 Å². The molecule has 0 amide bonds. The number of ether oxygens (including phenoxy) is 4. The Labute approximate surface area is 130 Å². The Morgan fingerprint density at radius 3 is 2.62 bits per heavy atom. The number of halogens is 1. The van der Waals surface area contributed by atoms with Crippen LogP contribution in [-0.4, -0.2) is 31.9 Å². The average molecular weight is 359 g/mol. The molecule has 1 unspecified atom stereocenters. The van der Waals surface area contributed by atoms with E-state index in [-0.39, 0.29) is 25.6 Å². The van der Waals surface area contributed by atoms with Crippen LogP contribution in [0.5, 0.6) is 11.5 Å². The van der Waals surface area contributed by atoms with Crippen LogP contribution in [-0.2, 0) is 14.3 Å². The zero-order chi connectivity index (χ0) is 15.4. The highest BCUT2D eigenvalue weighted by Gasteiger charge is 2.32. The van der Waals surface area contributed by atoms with Crippen molar-refractivity contribution in [3.8, 4) is 11.5 Å². The van der Waals surface area contributed by atoms with Gasteiger partial charge in [0.2, 0.25) is 6.79 Å². The highest BCUT2D eigenvalue weighted by molar-refractivity contribution is 9.09. The van der Waals surface area contributed by atoms with Gasteiger partial charge in [0.1, 0.15) is 10.4 Å². The Bertz CT molecular complexity index is 557. The molecule has 0 bridgehead atoms. The number of carbonyl (C=O) groups excluding carboxylic acids is 2. The van der Waals surface area contributed by atoms with Crippen molar-refractivity contribution in [1.29, 1.82) is 0 Å². The Morgan fingerprint density at radius 2 is 1.95 bits per heavy atom. The minimum atomic E-state index is -0.786. The molecule has 1 aromatic rings. The second-order valence-corrected chi connectivity index (χ2v) is 5.01. The van der Waals surface area contributed by atoms with E-state index >= 15 is 0 Å². The van der Waals surface area contributed by atoms with Gasteiger partial charge in [-0.1, -0.05) is 22.0 Å². The fourth-order valence-corrected chi connectivity index (χ4v) is 2.47. The average Bonchev–Trinajstić information content (AvgIpc) is 2.94. The molecule has 1 atom stereocenters. The van der Waals surface area contributed by atoms with Crippen molar-refractivity contribution in [3.05, 3.63) is 23.3 Å². The Balaban J connectivity index is 2.45. The van der Waals surface area contributed by atoms with Crippen molar-refractivity contribution in [1.82, 2.24) is 0 Å². The number of carbonyl (C=O) groups is 2. The summed E-state index contributed by atoms with van der Waals surface area (Å²) in [5.74, 6) is -0.310. The summed E-state index contributed by atoms with van der Waals surface area (Å²) in [5, 5.41) is 0. The van der Waals surface area contributed by atoms with Crippen LogP contribution in [0, 0.1) is 0 Å². The second kappa shape index (κ2) is 6.80. The largest absolute Gasteiger partial charge is 0.465 e. The number of benzene rings is 1. The fourth-order valence-electron chi connectivity index (χ4n) is 1.96. The van der Waals surface area contributed by atoms with Crippen LogP contribution in [0.15, 0.2) is 12.1 Å². The van der Waals surface area contributed by atoms with Crippen molar-refractivity contribution >= 4 is 27.9 Å². The van der Waals surface area contributed by atoms with Gasteiger partial charge in [0, 0.05) is 0 Å². The molecule has 1 aliphatic rings. The van der Waals surface area contributed by atoms with Crippen molar-refractivity contribution < 1.29 is 28.5 Å². The van der Waals surface area contributed by atoms with Gasteiger partial charge < -0.3 is 18.9 Å². The first-order valence-electron chi connectivity index (χ1n) is 6.50. The quantitative estimate of drug-likeness (QED) is 0.595. The molecule has 0 fully saturated rings. The molecule has 7 heteroatoms. The molecule has 1 aliphatic heterocycles. The summed E-state index contributed by atoms with van der Waals surface area (Å²) < 4.78 is 20.6. The summed E-state index contributed by atoms with van der Waals surface area (Å²) in [6, 6.07) is 3.27. The predicted octanol–water partition coefficient (Wildman–Crippen LogP) is 2.59. The van der Waals surface area contributed by atoms with Gasteiger partial charge >= 0.3 is 11.9 Å². The van der Waals surface area contributed by atoms with Crippen LogP contribution in [0.3, 0.4) is 0 Å². The van der Waals surface area contributed by atoms with E-state index in [2.05, 4.69) is 15.9 Å². The SMILES string of the molecule is CCOC(=O)c1c(C(Br)C(=O)OCC)ccc2c1OCO2. The van der Waals surface area contributed by atoms with Crippen molar-refractivity contribution in [3.63, 3.8) is 0 Å². The van der Waals surface area contributed by atoms with Gasteiger partial charge in [-0.3, -0.25) is 4.79 Å². The van der Waals surface area contributed by atoms with E-state index < -0.39 is 16.8 Å². The molecular formula is C14H15BrO6. The summed E-state index contributed by atoms with van der Waals surface area (Å²) in [7, 11) is 0. The number of hydrogen-bond acceptors (Lipinski definition) is 6. The summed E-state index contributed by atoms with van der Waals surface area (Å²) >= 11 is 3.25. The van der Waals surface area contributed by atoms with Crippen molar-refractivity contribution in [2.75, 3.05) is 20.0 Å². The molecule has 0 aromatic heterocycles. The van der Waals surface area contributed by atoms with Crippen LogP contribution in [0.25, 0.3) is 0 Å². The van der Waals surface area contributed by atoms with Crippen LogP contribution < -0.4 is 9.47 Å². The summed E-state index contributed by atoms with van der Waals surface area (Å²) in [5.41, 5.74) is 0.609. The van der Waals surface area contributed by atoms with E-state index in [1.807, 2.05) is 0 Å². The molecule has 6 nitrogen and oxygen atoms in total. The van der Waals surface area contributed by atoms with Gasteiger partial charge in [-0.25, -0.2) is 4.79 Å². The maximum absolute atomic E-state index is 12.2. The first-order valence-corrected chi connectivity index (χ1v) is 7.42. The van der Waals surface area contributed by atoms with Gasteiger partial charge in [0.25, 0.3) is 0 Å². The lowest BCUT2D eigenvalue weighted by atomic mass is 10.0. The Kier molecular flexibility index (Phi) is 5.06. The van der Waals surface area contributed by atoms with E-state index in [4.69, 9.17) is 18.9 Å². The minimum absolute atomic E-state index is 0.0253. The highest BCUT2D eigenvalue weighted by atomic mass is 79.9. The van der Waals surface area contributed by atoms with Crippen LogP contribution in [0.1, 0.15) is 34.6 Å². The molecule has 0 saturated heterocycles. The molecule has 0 aliphatic carbocycles. The number of esters is 2. The number of rotatable bonds is 5. The molecule has 0 saturated carbocycles. The van der Waals surface area contributed by atoms with Gasteiger partial charge in [0.15, 0.2) is 11.5 Å². The first kappa shape index (κ1) is 15.6. The highest BCUT2D eigenvalue weighted by Crippen LogP contribution is 2.41. The van der Waals surface area contributed by atoms with E-state index in [1.165, 1.54) is 0 Å². The minimum Gasteiger partial charge on any atom is -0.465 e. The Hall–Kier alpha value is -1.76. The third-order valence-corrected chi connectivity index (χ3v) is 3.68. The molecule has 114 valence electrons. The summed E-state index contributed by atoms with van der Waals surface area (Å²) in [6.07, 6.45) is 0. The smallest absolute Gasteiger partial charge is 0.342 e. The van der Waals surface area contributed by atoms with Crippen LogP contribution >= 0.6 is 15.9 Å². The molecule has 2 rings (SSSR count). The molecule has 21 heavy (non-hydrogen) atoms.